The van der Waals surface area contributed by atoms with Crippen LogP contribution in [0.25, 0.3) is 0 Å². The molecule has 3 aromatic carbocycles. The molecule has 0 atom stereocenters. The third-order valence-electron chi connectivity index (χ3n) is 17.1. The Kier molecular flexibility index (Phi) is 29.5. The molecule has 15 nitrogen and oxygen atoms in total. The summed E-state index contributed by atoms with van der Waals surface area (Å²) in [6.07, 6.45) is 46.7. The number of amides is 3. The summed E-state index contributed by atoms with van der Waals surface area (Å²) < 4.78 is 0. The molecule has 6 aliphatic heterocycles. The van der Waals surface area contributed by atoms with Crippen molar-refractivity contribution in [2.45, 2.75) is 183 Å². The zero-order chi connectivity index (χ0) is 68.0. The topological polar surface area (TPSA) is 215 Å². The molecule has 6 heterocycles. The van der Waals surface area contributed by atoms with Crippen LogP contribution in [0.4, 0.5) is 5.69 Å². The van der Waals surface area contributed by atoms with E-state index in [1.165, 1.54) is 80.9 Å². The van der Waals surface area contributed by atoms with Crippen molar-refractivity contribution >= 4 is 35.0 Å². The summed E-state index contributed by atoms with van der Waals surface area (Å²) in [7, 11) is 3.96. The molecule has 3 aromatic rings. The number of nitrogens with one attached hydrogen (secondary N) is 1. The second-order valence-corrected chi connectivity index (χ2v) is 27.1. The molecular formula is C79H104N10O5. The number of nitriles is 1. The van der Waals surface area contributed by atoms with E-state index in [-0.39, 0.29) is 40.1 Å². The van der Waals surface area contributed by atoms with Crippen LogP contribution < -0.4 is 27.4 Å². The summed E-state index contributed by atoms with van der Waals surface area (Å²) in [5.41, 5.74) is 28.7. The number of hydrogen-bond acceptors (Lipinski definition) is 12. The largest absolute Gasteiger partial charge is 0.366 e. The van der Waals surface area contributed by atoms with Gasteiger partial charge in [0.05, 0.1) is 6.07 Å². The van der Waals surface area contributed by atoms with Gasteiger partial charge < -0.3 is 47.0 Å². The Morgan fingerprint density at radius 2 is 0.979 bits per heavy atom. The monoisotopic (exact) mass is 1270 g/mol. The fraction of sp³-hybridized carbons (Fsp3) is 0.418. The Balaban J connectivity index is 0.000000182. The molecule has 0 saturated heterocycles. The highest BCUT2D eigenvalue weighted by Gasteiger charge is 2.41. The van der Waals surface area contributed by atoms with E-state index in [0.29, 0.717) is 55.2 Å². The highest BCUT2D eigenvalue weighted by atomic mass is 16.2. The predicted octanol–water partition coefficient (Wildman–Crippen LogP) is 15.1. The quantitative estimate of drug-likeness (QED) is 0.0875. The minimum atomic E-state index is -0.345. The van der Waals surface area contributed by atoms with Crippen LogP contribution in [0, 0.1) is 22.2 Å². The Hall–Kier alpha value is -9.16. The Morgan fingerprint density at radius 3 is 1.47 bits per heavy atom. The minimum absolute atomic E-state index is 0.0230. The number of anilines is 1. The predicted molar refractivity (Wildman–Crippen MR) is 381 cm³/mol. The number of nitrogens with zero attached hydrogens (tertiary/aromatic N) is 6. The van der Waals surface area contributed by atoms with E-state index in [9.17, 15) is 24.0 Å². The number of dihydropyridines is 1. The third-order valence-corrected chi connectivity index (χ3v) is 17.1. The molecule has 11 rings (SSSR count). The van der Waals surface area contributed by atoms with E-state index in [2.05, 4.69) is 112 Å². The van der Waals surface area contributed by atoms with E-state index < -0.39 is 0 Å². The lowest BCUT2D eigenvalue weighted by atomic mass is 9.69. The first-order valence-electron chi connectivity index (χ1n) is 33.6. The van der Waals surface area contributed by atoms with E-state index in [1.54, 1.807) is 6.20 Å². The van der Waals surface area contributed by atoms with Gasteiger partial charge in [-0.05, 0) is 91.4 Å². The van der Waals surface area contributed by atoms with Gasteiger partial charge in [-0.1, -0.05) is 201 Å². The zero-order valence-electron chi connectivity index (χ0n) is 57.3. The van der Waals surface area contributed by atoms with Gasteiger partial charge in [-0.15, -0.1) is 0 Å². The van der Waals surface area contributed by atoms with Crippen LogP contribution in [-0.4, -0.2) is 69.5 Å². The maximum atomic E-state index is 12.3. The van der Waals surface area contributed by atoms with Gasteiger partial charge in [0, 0.05) is 160 Å². The molecule has 94 heavy (non-hydrogen) atoms. The normalized spacial score (nSPS) is 17.8. The average Bonchev–Trinajstić information content (AvgIpc) is 0.762. The van der Waals surface area contributed by atoms with Crippen molar-refractivity contribution in [1.82, 2.24) is 24.9 Å². The number of nitrogens with two attached hydrogens (primary N) is 3. The van der Waals surface area contributed by atoms with Gasteiger partial charge in [-0.3, -0.25) is 24.0 Å². The van der Waals surface area contributed by atoms with E-state index in [0.717, 1.165) is 84.7 Å². The number of para-hydroxylation sites is 1. The van der Waals surface area contributed by atoms with Crippen molar-refractivity contribution in [3.63, 3.8) is 0 Å². The first-order valence-corrected chi connectivity index (χ1v) is 33.6. The lowest BCUT2D eigenvalue weighted by Crippen LogP contribution is -2.39. The number of benzene rings is 3. The highest BCUT2D eigenvalue weighted by molar-refractivity contribution is 6.04. The molecule has 0 fully saturated rings. The molecule has 0 unspecified atom stereocenters. The summed E-state index contributed by atoms with van der Waals surface area (Å²) in [5, 5.41) is 12.2. The van der Waals surface area contributed by atoms with Crippen molar-refractivity contribution in [1.29, 1.82) is 5.26 Å². The molecule has 0 spiro atoms. The van der Waals surface area contributed by atoms with Gasteiger partial charge in [0.15, 0.2) is 11.6 Å². The van der Waals surface area contributed by atoms with E-state index >= 15 is 0 Å². The van der Waals surface area contributed by atoms with Crippen LogP contribution in [0.15, 0.2) is 215 Å². The molecule has 0 aromatic heterocycles. The summed E-state index contributed by atoms with van der Waals surface area (Å²) in [6.45, 7) is 15.5. The summed E-state index contributed by atoms with van der Waals surface area (Å²) in [4.78, 5) is 68.0. The van der Waals surface area contributed by atoms with Crippen LogP contribution in [0.2, 0.25) is 0 Å². The first-order chi connectivity index (χ1) is 45.0. The molecule has 500 valence electrons. The standard InChI is InChI=1S/C18H32N2O.C17H23NO2.C13H14N2O.C13H12N2.C11H12N2O.C7H11N/c1-2-3-4-5-6-7-8-9-10-11-14-20-15-12-13-17(16-20)18(19)21;1-16(2)6-12-10(14(19)8-16)5-11-13(18-12)7-17(3,4)9-15(11)20;14-13(16)12-7-4-8-15(10-12)9-11-5-2-1-3-6-11;14-9-13-7-4-8-15(11-13)10-12-5-2-1-3-6-12;1-13-7-9(11(12)14)6-8-4-2-3-5-10(8)13;1-7-4-3-5-8(2)6-7/h12,15-16H,2-11,13-14H2,1H3,(H2,19,21);18H,5-9H2,1-4H3;1-6,8,10H,7,9H2,(H2,14,16);1-6,8,11H,7,10H2;2-5,7H,6H2,1H3,(H2,12,14);3,5-6H,4H2,1-2H3. The highest BCUT2D eigenvalue weighted by Crippen LogP contribution is 2.45. The van der Waals surface area contributed by atoms with E-state index in [1.807, 2.05) is 139 Å². The van der Waals surface area contributed by atoms with Gasteiger partial charge in [0.1, 0.15) is 0 Å². The third kappa shape index (κ3) is 25.4. The average molecular weight is 1270 g/mol. The van der Waals surface area contributed by atoms with Gasteiger partial charge >= 0.3 is 0 Å². The maximum absolute atomic E-state index is 12.3. The zero-order valence-corrected chi connectivity index (χ0v) is 57.3. The van der Waals surface area contributed by atoms with Gasteiger partial charge in [-0.25, -0.2) is 0 Å². The lowest BCUT2D eigenvalue weighted by molar-refractivity contribution is -0.119. The van der Waals surface area contributed by atoms with Crippen LogP contribution in [0.5, 0.6) is 0 Å². The number of allylic oxidation sites excluding steroid dienone is 10. The number of carbonyl (C=O) groups excluding carboxylic acids is 5. The molecule has 2 aliphatic carbocycles. The number of Topliss-reactive ketones (excluding diaryl/α,β-unsaturated/α-hetero) is 2. The summed E-state index contributed by atoms with van der Waals surface area (Å²) >= 11 is 0. The number of fused-ring (bicyclic) bond motifs is 1. The maximum Gasteiger partial charge on any atom is 0.246 e. The van der Waals surface area contributed by atoms with Crippen LogP contribution in [0.1, 0.15) is 180 Å². The molecule has 0 saturated carbocycles. The molecule has 7 N–H and O–H groups in total. The number of hydrogen-bond donors (Lipinski definition) is 4. The van der Waals surface area contributed by atoms with Crippen LogP contribution >= 0.6 is 0 Å². The number of carbonyl (C=O) groups is 5. The van der Waals surface area contributed by atoms with E-state index in [4.69, 9.17) is 22.5 Å². The van der Waals surface area contributed by atoms with Crippen molar-refractivity contribution < 1.29 is 24.0 Å². The second-order valence-electron chi connectivity index (χ2n) is 27.1. The van der Waals surface area contributed by atoms with Gasteiger partial charge in [0.2, 0.25) is 17.7 Å². The molecular weight excluding hydrogens is 1170 g/mol. The first kappa shape index (κ1) is 73.9. The van der Waals surface area contributed by atoms with Crippen molar-refractivity contribution in [2.75, 3.05) is 25.5 Å². The van der Waals surface area contributed by atoms with Gasteiger partial charge in [0.25, 0.3) is 0 Å². The van der Waals surface area contributed by atoms with Crippen molar-refractivity contribution in [3.8, 4) is 6.07 Å². The number of unbranched alkanes of at least 4 members (excludes halogenated alkanes) is 9. The molecule has 0 radical (unpaired) electrons. The molecule has 15 heteroatoms. The smallest absolute Gasteiger partial charge is 0.246 e. The number of primary amides is 3. The van der Waals surface area contributed by atoms with Crippen molar-refractivity contribution in [2.24, 2.45) is 28.0 Å². The Labute approximate surface area is 561 Å². The van der Waals surface area contributed by atoms with Gasteiger partial charge in [-0.2, -0.15) is 5.26 Å². The molecule has 3 amide bonds. The minimum Gasteiger partial charge on any atom is -0.366 e. The Bertz CT molecular complexity index is 3430. The molecule has 0 bridgehead atoms. The number of ketones is 2. The van der Waals surface area contributed by atoms with Crippen molar-refractivity contribution in [3.05, 3.63) is 232 Å². The fourth-order valence-corrected chi connectivity index (χ4v) is 12.2. The fourth-order valence-electron chi connectivity index (χ4n) is 12.2. The second kappa shape index (κ2) is 37.5. The van der Waals surface area contributed by atoms with Crippen LogP contribution in [-0.2, 0) is 43.5 Å². The Morgan fingerprint density at radius 1 is 0.521 bits per heavy atom. The van der Waals surface area contributed by atoms with Crippen LogP contribution in [0.3, 0.4) is 0 Å². The molecule has 8 aliphatic rings. The summed E-state index contributed by atoms with van der Waals surface area (Å²) in [6, 6.07) is 30.5. The SMILES string of the molecule is CC1(C)CC(=O)C2=C(C1)NC1=C(C2)C(=O)CC(C)(C)C1.CC1=CN(C)C=CC1.CCCCCCCCCCCCN1C=CCC(C(N)=O)=C1.CN1C=C(C(N)=O)Cc2ccccc21.N#CC1=CN(Cc2ccccc2)C=CC1.NC(=O)C1=CN(Cc2ccccc2)C=CC1. The number of rotatable bonds is 18. The summed E-state index contributed by atoms with van der Waals surface area (Å²) in [5.74, 6) is -0.554. The lowest BCUT2D eigenvalue weighted by Gasteiger charge is -2.40.